The molecule has 1 atom stereocenters. The maximum atomic E-state index is 9.56. The zero-order chi connectivity index (χ0) is 15.1. The molecule has 1 aromatic heterocycles. The topological polar surface area (TPSA) is 53.3 Å². The van der Waals surface area contributed by atoms with Crippen LogP contribution in [-0.4, -0.2) is 51.3 Å². The summed E-state index contributed by atoms with van der Waals surface area (Å²) in [6, 6.07) is 0. The van der Waals surface area contributed by atoms with Crippen molar-refractivity contribution >= 4 is 0 Å². The van der Waals surface area contributed by atoms with Crippen LogP contribution in [0.1, 0.15) is 45.4 Å². The monoisotopic (exact) mass is 294 g/mol. The Hall–Kier alpha value is -0.910. The second kappa shape index (κ2) is 7.92. The Morgan fingerprint density at radius 2 is 2.24 bits per heavy atom. The second-order valence-corrected chi connectivity index (χ2v) is 6.42. The van der Waals surface area contributed by atoms with E-state index in [0.29, 0.717) is 0 Å². The van der Waals surface area contributed by atoms with Crippen molar-refractivity contribution in [3.05, 3.63) is 18.2 Å². The number of nitrogens with zero attached hydrogens (tertiary/aromatic N) is 3. The van der Waals surface area contributed by atoms with Gasteiger partial charge in [-0.05, 0) is 39.3 Å². The van der Waals surface area contributed by atoms with Gasteiger partial charge in [0, 0.05) is 31.0 Å². The molecular formula is C16H30N4O. The average molecular weight is 294 g/mol. The van der Waals surface area contributed by atoms with E-state index in [-0.39, 0.29) is 12.1 Å². The number of rotatable bonds is 9. The molecule has 0 saturated carbocycles. The molecule has 2 rings (SSSR count). The molecule has 0 bridgehead atoms. The molecule has 1 unspecified atom stereocenters. The normalized spacial score (nSPS) is 18.4. The summed E-state index contributed by atoms with van der Waals surface area (Å²) in [6.07, 6.45) is 8.44. The Labute approximate surface area is 128 Å². The van der Waals surface area contributed by atoms with Gasteiger partial charge in [0.15, 0.2) is 0 Å². The molecule has 0 amide bonds. The third-order valence-corrected chi connectivity index (χ3v) is 4.43. The van der Waals surface area contributed by atoms with E-state index in [9.17, 15) is 5.11 Å². The third-order valence-electron chi connectivity index (χ3n) is 4.43. The molecule has 0 aromatic carbocycles. The number of nitrogens with one attached hydrogen (secondary N) is 1. The Bertz CT molecular complexity index is 420. The second-order valence-electron chi connectivity index (χ2n) is 6.42. The lowest BCUT2D eigenvalue weighted by molar-refractivity contribution is 0.158. The minimum Gasteiger partial charge on any atom is -0.394 e. The van der Waals surface area contributed by atoms with E-state index >= 15 is 0 Å². The number of hydrogen-bond donors (Lipinski definition) is 2. The fourth-order valence-corrected chi connectivity index (χ4v) is 2.92. The van der Waals surface area contributed by atoms with Crippen LogP contribution >= 0.6 is 0 Å². The van der Waals surface area contributed by atoms with Crippen LogP contribution in [0.15, 0.2) is 12.4 Å². The number of imidazole rings is 1. The van der Waals surface area contributed by atoms with Gasteiger partial charge in [-0.25, -0.2) is 4.98 Å². The van der Waals surface area contributed by atoms with Crippen molar-refractivity contribution in [1.82, 2.24) is 19.8 Å². The smallest absolute Gasteiger partial charge is 0.122 e. The predicted octanol–water partition coefficient (Wildman–Crippen LogP) is 1.62. The first-order chi connectivity index (χ1) is 10.2. The molecular weight excluding hydrogens is 264 g/mol. The summed E-state index contributed by atoms with van der Waals surface area (Å²) in [5.41, 5.74) is -0.117. The van der Waals surface area contributed by atoms with E-state index < -0.39 is 0 Å². The molecule has 0 fully saturated rings. The lowest BCUT2D eigenvalue weighted by atomic mass is 9.95. The number of unbranched alkanes of at least 4 members (excludes halogenated alkanes) is 1. The lowest BCUT2D eigenvalue weighted by Gasteiger charge is -2.30. The molecule has 5 heteroatoms. The summed E-state index contributed by atoms with van der Waals surface area (Å²) in [6.45, 7) is 9.75. The SMILES string of the molecule is CCCNC(C)(CO)CCCCN1CCn2ccnc2C1. The van der Waals surface area contributed by atoms with Gasteiger partial charge in [-0.15, -0.1) is 0 Å². The van der Waals surface area contributed by atoms with Gasteiger partial charge in [0.1, 0.15) is 5.82 Å². The minimum absolute atomic E-state index is 0.117. The van der Waals surface area contributed by atoms with Crippen molar-refractivity contribution in [2.24, 2.45) is 0 Å². The lowest BCUT2D eigenvalue weighted by Crippen LogP contribution is -2.46. The quantitative estimate of drug-likeness (QED) is 0.680. The van der Waals surface area contributed by atoms with E-state index in [1.807, 2.05) is 6.20 Å². The number of aliphatic hydroxyl groups is 1. The molecule has 21 heavy (non-hydrogen) atoms. The molecule has 1 aromatic rings. The van der Waals surface area contributed by atoms with Crippen LogP contribution in [-0.2, 0) is 13.1 Å². The number of fused-ring (bicyclic) bond motifs is 1. The van der Waals surface area contributed by atoms with Crippen LogP contribution < -0.4 is 5.32 Å². The van der Waals surface area contributed by atoms with Gasteiger partial charge in [-0.3, -0.25) is 4.90 Å². The highest BCUT2D eigenvalue weighted by atomic mass is 16.3. The molecule has 120 valence electrons. The summed E-state index contributed by atoms with van der Waals surface area (Å²) in [5, 5.41) is 13.0. The average Bonchev–Trinajstić information content (AvgIpc) is 2.97. The van der Waals surface area contributed by atoms with Gasteiger partial charge in [-0.1, -0.05) is 13.3 Å². The van der Waals surface area contributed by atoms with Crippen LogP contribution in [0.5, 0.6) is 0 Å². The molecule has 1 aliphatic rings. The highest BCUT2D eigenvalue weighted by Gasteiger charge is 2.22. The van der Waals surface area contributed by atoms with Gasteiger partial charge < -0.3 is 15.0 Å². The summed E-state index contributed by atoms with van der Waals surface area (Å²) in [4.78, 5) is 6.88. The molecule has 2 heterocycles. The number of aliphatic hydroxyl groups excluding tert-OH is 1. The molecule has 5 nitrogen and oxygen atoms in total. The third kappa shape index (κ3) is 4.80. The Kier molecular flexibility index (Phi) is 6.21. The van der Waals surface area contributed by atoms with Gasteiger partial charge in [0.25, 0.3) is 0 Å². The van der Waals surface area contributed by atoms with E-state index in [2.05, 4.69) is 39.8 Å². The largest absolute Gasteiger partial charge is 0.394 e. The molecule has 0 saturated heterocycles. The molecule has 0 spiro atoms. The van der Waals surface area contributed by atoms with E-state index in [4.69, 9.17) is 0 Å². The first-order valence-electron chi connectivity index (χ1n) is 8.25. The van der Waals surface area contributed by atoms with Gasteiger partial charge in [0.05, 0.1) is 13.2 Å². The van der Waals surface area contributed by atoms with Gasteiger partial charge in [-0.2, -0.15) is 0 Å². The number of hydrogen-bond acceptors (Lipinski definition) is 4. The minimum atomic E-state index is -0.117. The highest BCUT2D eigenvalue weighted by molar-refractivity contribution is 4.95. The molecule has 0 aliphatic carbocycles. The van der Waals surface area contributed by atoms with Crippen molar-refractivity contribution in [2.75, 3.05) is 26.2 Å². The summed E-state index contributed by atoms with van der Waals surface area (Å²) in [7, 11) is 0. The Morgan fingerprint density at radius 1 is 1.38 bits per heavy atom. The molecule has 1 aliphatic heterocycles. The van der Waals surface area contributed by atoms with Gasteiger partial charge >= 0.3 is 0 Å². The standard InChI is InChI=1S/C16H30N4O/c1-3-7-18-16(2,14-21)6-4-5-9-19-11-12-20-10-8-17-15(20)13-19/h8,10,18,21H,3-7,9,11-14H2,1-2H3. The molecule has 0 radical (unpaired) electrons. The van der Waals surface area contributed by atoms with E-state index in [1.165, 1.54) is 12.2 Å². The van der Waals surface area contributed by atoms with Crippen LogP contribution in [0, 0.1) is 0 Å². The fourth-order valence-electron chi connectivity index (χ4n) is 2.92. The molecule has 2 N–H and O–H groups in total. The fraction of sp³-hybridized carbons (Fsp3) is 0.812. The van der Waals surface area contributed by atoms with E-state index in [0.717, 1.165) is 52.0 Å². The first-order valence-corrected chi connectivity index (χ1v) is 8.25. The van der Waals surface area contributed by atoms with E-state index in [1.54, 1.807) is 0 Å². The predicted molar refractivity (Wildman–Crippen MR) is 85.1 cm³/mol. The highest BCUT2D eigenvalue weighted by Crippen LogP contribution is 2.15. The Balaban J connectivity index is 1.66. The van der Waals surface area contributed by atoms with Crippen molar-refractivity contribution in [2.45, 2.75) is 58.2 Å². The van der Waals surface area contributed by atoms with Crippen molar-refractivity contribution in [3.8, 4) is 0 Å². The summed E-state index contributed by atoms with van der Waals surface area (Å²) in [5.74, 6) is 1.19. The first kappa shape index (κ1) is 16.5. The van der Waals surface area contributed by atoms with Crippen LogP contribution in [0.25, 0.3) is 0 Å². The summed E-state index contributed by atoms with van der Waals surface area (Å²) >= 11 is 0. The zero-order valence-corrected chi connectivity index (χ0v) is 13.5. The zero-order valence-electron chi connectivity index (χ0n) is 13.5. The Morgan fingerprint density at radius 3 is 3.00 bits per heavy atom. The van der Waals surface area contributed by atoms with Crippen LogP contribution in [0.2, 0.25) is 0 Å². The summed E-state index contributed by atoms with van der Waals surface area (Å²) < 4.78 is 2.24. The van der Waals surface area contributed by atoms with Crippen LogP contribution in [0.3, 0.4) is 0 Å². The maximum Gasteiger partial charge on any atom is 0.122 e. The van der Waals surface area contributed by atoms with Gasteiger partial charge in [0.2, 0.25) is 0 Å². The number of aromatic nitrogens is 2. The van der Waals surface area contributed by atoms with Crippen molar-refractivity contribution in [3.63, 3.8) is 0 Å². The van der Waals surface area contributed by atoms with Crippen molar-refractivity contribution in [1.29, 1.82) is 0 Å². The van der Waals surface area contributed by atoms with Crippen molar-refractivity contribution < 1.29 is 5.11 Å². The maximum absolute atomic E-state index is 9.56. The van der Waals surface area contributed by atoms with Crippen LogP contribution in [0.4, 0.5) is 0 Å².